The lowest BCUT2D eigenvalue weighted by Gasteiger charge is -2.19. The third kappa shape index (κ3) is 2.98. The minimum absolute atomic E-state index is 0.0975. The Hall–Kier alpha value is -2.29. The average Bonchev–Trinajstić information content (AvgIpc) is 2.91. The lowest BCUT2D eigenvalue weighted by atomic mass is 9.87. The molecule has 1 N–H and O–H groups in total. The third-order valence-electron chi connectivity index (χ3n) is 3.96. The zero-order valence-corrected chi connectivity index (χ0v) is 13.2. The molecule has 1 aliphatic heterocycles. The van der Waals surface area contributed by atoms with E-state index >= 15 is 0 Å². The molecule has 0 radical (unpaired) electrons. The summed E-state index contributed by atoms with van der Waals surface area (Å²) < 4.78 is 5.71. The number of anilines is 1. The fraction of sp³-hybridized carbons (Fsp3) is 0.316. The van der Waals surface area contributed by atoms with Crippen molar-refractivity contribution in [2.24, 2.45) is 0 Å². The molecule has 1 heterocycles. The molecule has 0 aliphatic carbocycles. The van der Waals surface area contributed by atoms with Crippen LogP contribution >= 0.6 is 0 Å². The molecule has 1 aliphatic rings. The first-order valence-corrected chi connectivity index (χ1v) is 7.59. The van der Waals surface area contributed by atoms with E-state index in [1.54, 1.807) is 0 Å². The molecule has 0 saturated carbocycles. The van der Waals surface area contributed by atoms with Gasteiger partial charge in [0.1, 0.15) is 5.75 Å². The molecule has 3 nitrogen and oxygen atoms in total. The maximum absolute atomic E-state index is 12.3. The highest BCUT2D eigenvalue weighted by Gasteiger charge is 2.28. The van der Waals surface area contributed by atoms with E-state index in [0.717, 1.165) is 17.0 Å². The van der Waals surface area contributed by atoms with Gasteiger partial charge in [-0.25, -0.2) is 0 Å². The maximum atomic E-state index is 12.3. The van der Waals surface area contributed by atoms with Crippen LogP contribution in [-0.4, -0.2) is 12.0 Å². The van der Waals surface area contributed by atoms with Crippen molar-refractivity contribution in [2.75, 3.05) is 5.32 Å². The number of ether oxygens (including phenoxy) is 1. The third-order valence-corrected chi connectivity index (χ3v) is 3.96. The van der Waals surface area contributed by atoms with E-state index in [-0.39, 0.29) is 11.3 Å². The topological polar surface area (TPSA) is 38.3 Å². The Morgan fingerprint density at radius 2 is 1.77 bits per heavy atom. The summed E-state index contributed by atoms with van der Waals surface area (Å²) in [5, 5.41) is 2.93. The van der Waals surface area contributed by atoms with E-state index in [0.29, 0.717) is 6.42 Å². The quantitative estimate of drug-likeness (QED) is 0.911. The van der Waals surface area contributed by atoms with Crippen molar-refractivity contribution >= 4 is 11.6 Å². The van der Waals surface area contributed by atoms with Gasteiger partial charge in [-0.2, -0.15) is 0 Å². The lowest BCUT2D eigenvalue weighted by molar-refractivity contribution is -0.122. The van der Waals surface area contributed by atoms with Crippen LogP contribution in [0.2, 0.25) is 0 Å². The highest BCUT2D eigenvalue weighted by atomic mass is 16.5. The summed E-state index contributed by atoms with van der Waals surface area (Å²) in [6, 6.07) is 15.8. The Bertz CT molecular complexity index is 658. The van der Waals surface area contributed by atoms with E-state index in [9.17, 15) is 4.79 Å². The number of fused-ring (bicyclic) bond motifs is 1. The number of benzene rings is 2. The number of amides is 1. The molecule has 0 fully saturated rings. The van der Waals surface area contributed by atoms with Crippen molar-refractivity contribution < 1.29 is 9.53 Å². The summed E-state index contributed by atoms with van der Waals surface area (Å²) in [7, 11) is 0. The molecule has 0 saturated heterocycles. The van der Waals surface area contributed by atoms with Crippen LogP contribution in [0.3, 0.4) is 0 Å². The van der Waals surface area contributed by atoms with Crippen LogP contribution in [0.25, 0.3) is 0 Å². The van der Waals surface area contributed by atoms with E-state index in [1.165, 1.54) is 5.56 Å². The Labute approximate surface area is 131 Å². The molecule has 0 unspecified atom stereocenters. The van der Waals surface area contributed by atoms with E-state index in [2.05, 4.69) is 38.2 Å². The fourth-order valence-corrected chi connectivity index (χ4v) is 2.60. The monoisotopic (exact) mass is 295 g/mol. The van der Waals surface area contributed by atoms with Gasteiger partial charge in [0.05, 0.1) is 0 Å². The molecule has 0 aromatic heterocycles. The van der Waals surface area contributed by atoms with Gasteiger partial charge in [0.15, 0.2) is 6.10 Å². The second kappa shape index (κ2) is 5.48. The number of hydrogen-bond donors (Lipinski definition) is 1. The molecule has 1 amide bonds. The van der Waals surface area contributed by atoms with Gasteiger partial charge in [0, 0.05) is 12.1 Å². The summed E-state index contributed by atoms with van der Waals surface area (Å²) in [5.41, 5.74) is 3.25. The Morgan fingerprint density at radius 1 is 1.09 bits per heavy atom. The second-order valence-electron chi connectivity index (χ2n) is 6.73. The molecule has 0 bridgehead atoms. The highest BCUT2D eigenvalue weighted by molar-refractivity contribution is 5.95. The lowest BCUT2D eigenvalue weighted by Crippen LogP contribution is -2.31. The molecule has 2 aromatic rings. The van der Waals surface area contributed by atoms with Gasteiger partial charge in [-0.3, -0.25) is 4.79 Å². The predicted octanol–water partition coefficient (Wildman–Crippen LogP) is 3.93. The van der Waals surface area contributed by atoms with Crippen LogP contribution in [0.15, 0.2) is 48.5 Å². The van der Waals surface area contributed by atoms with Crippen molar-refractivity contribution in [1.29, 1.82) is 0 Å². The summed E-state index contributed by atoms with van der Waals surface area (Å²) in [6.45, 7) is 6.51. The zero-order chi connectivity index (χ0) is 15.7. The van der Waals surface area contributed by atoms with E-state index < -0.39 is 6.10 Å². The molecular formula is C19H21NO2. The molecule has 3 rings (SSSR count). The van der Waals surface area contributed by atoms with E-state index in [1.807, 2.05) is 36.4 Å². The minimum atomic E-state index is -0.445. The molecule has 2 aromatic carbocycles. The summed E-state index contributed by atoms with van der Waals surface area (Å²) in [4.78, 5) is 12.3. The standard InChI is InChI=1S/C19H21NO2/c1-19(2,3)14-8-10-15(11-9-14)20-18(21)17-12-13-6-4-5-7-16(13)22-17/h4-11,17H,12H2,1-3H3,(H,20,21)/t17-/m0/s1. The van der Waals surface area contributed by atoms with Crippen LogP contribution in [-0.2, 0) is 16.6 Å². The van der Waals surface area contributed by atoms with Crippen LogP contribution in [0, 0.1) is 0 Å². The van der Waals surface area contributed by atoms with Crippen LogP contribution in [0.5, 0.6) is 5.75 Å². The SMILES string of the molecule is CC(C)(C)c1ccc(NC(=O)[C@@H]2Cc3ccccc3O2)cc1. The molecular weight excluding hydrogens is 274 g/mol. The normalized spacial score (nSPS) is 16.8. The Kier molecular flexibility index (Phi) is 3.65. The molecule has 3 heteroatoms. The highest BCUT2D eigenvalue weighted by Crippen LogP contribution is 2.29. The maximum Gasteiger partial charge on any atom is 0.265 e. The van der Waals surface area contributed by atoms with Gasteiger partial charge >= 0.3 is 0 Å². The average molecular weight is 295 g/mol. The van der Waals surface area contributed by atoms with Crippen molar-refractivity contribution in [3.63, 3.8) is 0 Å². The van der Waals surface area contributed by atoms with Crippen molar-refractivity contribution in [3.05, 3.63) is 59.7 Å². The zero-order valence-electron chi connectivity index (χ0n) is 13.2. The van der Waals surface area contributed by atoms with Crippen molar-refractivity contribution in [1.82, 2.24) is 0 Å². The van der Waals surface area contributed by atoms with Gasteiger partial charge in [0.2, 0.25) is 0 Å². The van der Waals surface area contributed by atoms with E-state index in [4.69, 9.17) is 4.74 Å². The van der Waals surface area contributed by atoms with Crippen molar-refractivity contribution in [2.45, 2.75) is 38.7 Å². The largest absolute Gasteiger partial charge is 0.480 e. The molecule has 1 atom stereocenters. The fourth-order valence-electron chi connectivity index (χ4n) is 2.60. The molecule has 0 spiro atoms. The molecule has 114 valence electrons. The van der Waals surface area contributed by atoms with Crippen LogP contribution < -0.4 is 10.1 Å². The van der Waals surface area contributed by atoms with Crippen LogP contribution in [0.1, 0.15) is 31.9 Å². The smallest absolute Gasteiger partial charge is 0.265 e. The number of para-hydroxylation sites is 1. The second-order valence-corrected chi connectivity index (χ2v) is 6.73. The number of carbonyl (C=O) groups is 1. The first kappa shape index (κ1) is 14.6. The number of carbonyl (C=O) groups excluding carboxylic acids is 1. The first-order chi connectivity index (χ1) is 10.4. The van der Waals surface area contributed by atoms with Gasteiger partial charge in [-0.15, -0.1) is 0 Å². The van der Waals surface area contributed by atoms with Gasteiger partial charge < -0.3 is 10.1 Å². The minimum Gasteiger partial charge on any atom is -0.480 e. The summed E-state index contributed by atoms with van der Waals surface area (Å²) >= 11 is 0. The first-order valence-electron chi connectivity index (χ1n) is 7.59. The van der Waals surface area contributed by atoms with Crippen molar-refractivity contribution in [3.8, 4) is 5.75 Å². The van der Waals surface area contributed by atoms with Gasteiger partial charge in [-0.1, -0.05) is 51.1 Å². The van der Waals surface area contributed by atoms with Crippen LogP contribution in [0.4, 0.5) is 5.69 Å². The predicted molar refractivity (Wildman–Crippen MR) is 88.3 cm³/mol. The number of hydrogen-bond acceptors (Lipinski definition) is 2. The van der Waals surface area contributed by atoms with Gasteiger partial charge in [-0.05, 0) is 34.7 Å². The molecule has 22 heavy (non-hydrogen) atoms. The number of rotatable bonds is 2. The summed E-state index contributed by atoms with van der Waals surface area (Å²) in [6.07, 6.45) is 0.182. The number of nitrogens with one attached hydrogen (secondary N) is 1. The summed E-state index contributed by atoms with van der Waals surface area (Å²) in [5.74, 6) is 0.713. The van der Waals surface area contributed by atoms with Gasteiger partial charge in [0.25, 0.3) is 5.91 Å². The Morgan fingerprint density at radius 3 is 2.41 bits per heavy atom. The Balaban J connectivity index is 1.66.